The number of aliphatic carboxylic acids is 1. The molecule has 1 aromatic heterocycles. The molecule has 1 heterocycles. The van der Waals surface area contributed by atoms with Crippen molar-refractivity contribution in [2.45, 2.75) is 26.8 Å². The third kappa shape index (κ3) is 3.05. The molecule has 0 aliphatic heterocycles. The smallest absolute Gasteiger partial charge is 0.331 e. The van der Waals surface area contributed by atoms with E-state index in [0.717, 1.165) is 0 Å². The number of allylic oxidation sites excluding steroid dienone is 1. The molecule has 1 rings (SSSR count). The van der Waals surface area contributed by atoms with E-state index in [2.05, 4.69) is 4.98 Å². The predicted octanol–water partition coefficient (Wildman–Crippen LogP) is 0.973. The molecule has 0 saturated carbocycles. The highest BCUT2D eigenvalue weighted by Gasteiger charge is 2.03. The second kappa shape index (κ2) is 5.25. The van der Waals surface area contributed by atoms with Crippen molar-refractivity contribution in [2.24, 2.45) is 0 Å². The largest absolute Gasteiger partial charge is 0.478 e. The molecule has 1 N–H and O–H groups in total. The second-order valence-electron chi connectivity index (χ2n) is 3.41. The summed E-state index contributed by atoms with van der Waals surface area (Å²) >= 11 is 0. The molecule has 0 saturated heterocycles. The van der Waals surface area contributed by atoms with E-state index in [9.17, 15) is 9.59 Å². The Bertz CT molecular complexity index is 474. The summed E-state index contributed by atoms with van der Waals surface area (Å²) in [5, 5.41) is 8.79. The Morgan fingerprint density at radius 1 is 1.62 bits per heavy atom. The summed E-state index contributed by atoms with van der Waals surface area (Å²) in [4.78, 5) is 26.2. The Hall–Kier alpha value is -1.91. The van der Waals surface area contributed by atoms with Crippen molar-refractivity contribution in [2.75, 3.05) is 0 Å². The van der Waals surface area contributed by atoms with Crippen LogP contribution in [0.2, 0.25) is 0 Å². The molecular weight excluding hydrogens is 208 g/mol. The number of nitrogens with zero attached hydrogens (tertiary/aromatic N) is 2. The maximum absolute atomic E-state index is 11.5. The first-order valence-electron chi connectivity index (χ1n) is 5.00. The topological polar surface area (TPSA) is 72.2 Å². The van der Waals surface area contributed by atoms with Crippen molar-refractivity contribution in [3.63, 3.8) is 0 Å². The first-order valence-corrected chi connectivity index (χ1v) is 5.00. The zero-order chi connectivity index (χ0) is 12.1. The fourth-order valence-corrected chi connectivity index (χ4v) is 1.25. The summed E-state index contributed by atoms with van der Waals surface area (Å²) in [6, 6.07) is 1.42. The lowest BCUT2D eigenvalue weighted by Crippen LogP contribution is -2.19. The first kappa shape index (κ1) is 12.2. The number of carboxylic acid groups (broad SMARTS) is 1. The van der Waals surface area contributed by atoms with Gasteiger partial charge in [0.2, 0.25) is 0 Å². The van der Waals surface area contributed by atoms with E-state index in [1.165, 1.54) is 23.0 Å². The molecule has 5 heteroatoms. The van der Waals surface area contributed by atoms with Crippen molar-refractivity contribution in [1.82, 2.24) is 9.55 Å². The Balaban J connectivity index is 2.89. The summed E-state index contributed by atoms with van der Waals surface area (Å²) < 4.78 is 1.37. The number of hydrogen-bond acceptors (Lipinski definition) is 3. The molecule has 0 amide bonds. The second-order valence-corrected chi connectivity index (χ2v) is 3.41. The molecule has 16 heavy (non-hydrogen) atoms. The van der Waals surface area contributed by atoms with E-state index in [1.54, 1.807) is 13.8 Å². The van der Waals surface area contributed by atoms with Gasteiger partial charge in [-0.05, 0) is 13.3 Å². The van der Waals surface area contributed by atoms with Gasteiger partial charge in [0.25, 0.3) is 5.56 Å². The van der Waals surface area contributed by atoms with Gasteiger partial charge in [0.1, 0.15) is 0 Å². The average molecular weight is 222 g/mol. The molecule has 0 bridgehead atoms. The van der Waals surface area contributed by atoms with Gasteiger partial charge in [0, 0.05) is 23.9 Å². The van der Waals surface area contributed by atoms with Crippen LogP contribution in [0.3, 0.4) is 0 Å². The molecule has 1 aromatic rings. The van der Waals surface area contributed by atoms with E-state index in [4.69, 9.17) is 5.11 Å². The van der Waals surface area contributed by atoms with Gasteiger partial charge in [-0.25, -0.2) is 9.78 Å². The van der Waals surface area contributed by atoms with Gasteiger partial charge < -0.3 is 5.11 Å². The predicted molar refractivity (Wildman–Crippen MR) is 59.2 cm³/mol. The molecule has 0 radical (unpaired) electrons. The molecule has 0 aliphatic rings. The minimum Gasteiger partial charge on any atom is -0.478 e. The minimum absolute atomic E-state index is 0.176. The van der Waals surface area contributed by atoms with Crippen LogP contribution in [0.5, 0.6) is 0 Å². The zero-order valence-electron chi connectivity index (χ0n) is 9.30. The van der Waals surface area contributed by atoms with Crippen LogP contribution in [-0.2, 0) is 11.3 Å². The summed E-state index contributed by atoms with van der Waals surface area (Å²) in [6.45, 7) is 3.73. The summed E-state index contributed by atoms with van der Waals surface area (Å²) in [7, 11) is 0. The fraction of sp³-hybridized carbons (Fsp3) is 0.364. The molecule has 0 aromatic carbocycles. The minimum atomic E-state index is -0.949. The molecule has 86 valence electrons. The first-order chi connectivity index (χ1) is 7.54. The van der Waals surface area contributed by atoms with Crippen molar-refractivity contribution in [3.05, 3.63) is 40.1 Å². The van der Waals surface area contributed by atoms with Gasteiger partial charge in [0.05, 0.1) is 6.33 Å². The van der Waals surface area contributed by atoms with Crippen molar-refractivity contribution < 1.29 is 9.90 Å². The molecular formula is C11H14N2O3. The van der Waals surface area contributed by atoms with Crippen molar-refractivity contribution >= 4 is 5.97 Å². The van der Waals surface area contributed by atoms with Gasteiger partial charge in [-0.1, -0.05) is 13.0 Å². The number of aromatic nitrogens is 2. The van der Waals surface area contributed by atoms with Crippen molar-refractivity contribution in [3.8, 4) is 0 Å². The maximum Gasteiger partial charge on any atom is 0.331 e. The van der Waals surface area contributed by atoms with Crippen LogP contribution in [0.25, 0.3) is 0 Å². The van der Waals surface area contributed by atoms with Crippen LogP contribution in [0, 0.1) is 6.92 Å². The molecule has 0 aliphatic carbocycles. The van der Waals surface area contributed by atoms with Gasteiger partial charge in [-0.3, -0.25) is 9.36 Å². The highest BCUT2D eigenvalue weighted by Crippen LogP contribution is 2.00. The monoisotopic (exact) mass is 222 g/mol. The van der Waals surface area contributed by atoms with Crippen LogP contribution in [0.15, 0.2) is 28.8 Å². The van der Waals surface area contributed by atoms with E-state index in [1.807, 2.05) is 0 Å². The van der Waals surface area contributed by atoms with Crippen LogP contribution in [0.1, 0.15) is 19.0 Å². The average Bonchev–Trinajstić information content (AvgIpc) is 2.21. The van der Waals surface area contributed by atoms with E-state index < -0.39 is 5.97 Å². The van der Waals surface area contributed by atoms with E-state index in [0.29, 0.717) is 17.7 Å². The third-order valence-corrected chi connectivity index (χ3v) is 2.21. The van der Waals surface area contributed by atoms with Crippen molar-refractivity contribution in [1.29, 1.82) is 0 Å². The van der Waals surface area contributed by atoms with Crippen LogP contribution in [0.4, 0.5) is 0 Å². The number of rotatable bonds is 4. The quantitative estimate of drug-likeness (QED) is 0.770. The normalized spacial score (nSPS) is 11.5. The highest BCUT2D eigenvalue weighted by molar-refractivity contribution is 5.86. The number of hydrogen-bond donors (Lipinski definition) is 1. The van der Waals surface area contributed by atoms with Crippen LogP contribution < -0.4 is 5.56 Å². The number of carboxylic acids is 1. The molecule has 0 atom stereocenters. The summed E-state index contributed by atoms with van der Waals surface area (Å²) in [5.74, 6) is -0.949. The van der Waals surface area contributed by atoms with Gasteiger partial charge >= 0.3 is 5.97 Å². The molecule has 0 unspecified atom stereocenters. The van der Waals surface area contributed by atoms with Gasteiger partial charge in [-0.15, -0.1) is 0 Å². The molecule has 5 nitrogen and oxygen atoms in total. The lowest BCUT2D eigenvalue weighted by molar-refractivity contribution is -0.132. The fourth-order valence-electron chi connectivity index (χ4n) is 1.25. The Kier molecular flexibility index (Phi) is 3.99. The Morgan fingerprint density at radius 2 is 2.31 bits per heavy atom. The zero-order valence-corrected chi connectivity index (χ0v) is 9.30. The Morgan fingerprint density at radius 3 is 2.81 bits per heavy atom. The summed E-state index contributed by atoms with van der Waals surface area (Å²) in [6.07, 6.45) is 3.38. The lowest BCUT2D eigenvalue weighted by atomic mass is 10.2. The summed E-state index contributed by atoms with van der Waals surface area (Å²) in [5.41, 5.74) is 0.774. The van der Waals surface area contributed by atoms with Crippen LogP contribution in [-0.4, -0.2) is 20.6 Å². The van der Waals surface area contributed by atoms with Gasteiger partial charge in [0.15, 0.2) is 0 Å². The Labute approximate surface area is 93.1 Å². The third-order valence-electron chi connectivity index (χ3n) is 2.21. The van der Waals surface area contributed by atoms with Crippen LogP contribution >= 0.6 is 0 Å². The molecule has 0 spiro atoms. The van der Waals surface area contributed by atoms with E-state index in [-0.39, 0.29) is 12.1 Å². The number of aryl methyl sites for hydroxylation is 1. The SMILES string of the molecule is CCC(=CCn1cnc(C)cc1=O)C(=O)O. The standard InChI is InChI=1S/C11H14N2O3/c1-3-9(11(15)16)4-5-13-7-12-8(2)6-10(13)14/h4,6-7H,3,5H2,1-2H3,(H,15,16). The molecule has 0 fully saturated rings. The van der Waals surface area contributed by atoms with E-state index >= 15 is 0 Å². The maximum atomic E-state index is 11.5. The van der Waals surface area contributed by atoms with Gasteiger partial charge in [-0.2, -0.15) is 0 Å². The highest BCUT2D eigenvalue weighted by atomic mass is 16.4. The lowest BCUT2D eigenvalue weighted by Gasteiger charge is -2.02. The number of carbonyl (C=O) groups is 1.